The average molecular weight is 513 g/mol. The third-order valence-electron chi connectivity index (χ3n) is 4.35. The molecule has 0 spiro atoms. The van der Waals surface area contributed by atoms with Crippen LogP contribution in [0.4, 0.5) is 8.78 Å². The van der Waals surface area contributed by atoms with Gasteiger partial charge in [-0.2, -0.15) is 8.78 Å². The first-order valence-corrected chi connectivity index (χ1v) is 9.41. The Kier molecular flexibility index (Phi) is 10.8. The van der Waals surface area contributed by atoms with Crippen molar-refractivity contribution >= 4 is 29.9 Å². The number of hydrogen-bond donors (Lipinski definition) is 3. The van der Waals surface area contributed by atoms with Gasteiger partial charge in [-0.1, -0.05) is 6.92 Å². The first kappa shape index (κ1) is 24.7. The predicted octanol–water partition coefficient (Wildman–Crippen LogP) is 3.66. The third kappa shape index (κ3) is 7.94. The molecule has 0 saturated heterocycles. The maximum atomic E-state index is 12.7. The monoisotopic (exact) mass is 513 g/mol. The van der Waals surface area contributed by atoms with Gasteiger partial charge in [-0.25, -0.2) is 4.99 Å². The Morgan fingerprint density at radius 3 is 2.61 bits per heavy atom. The topological polar surface area (TPSA) is 75.1 Å². The van der Waals surface area contributed by atoms with Crippen molar-refractivity contribution in [1.82, 2.24) is 10.6 Å². The number of alkyl halides is 2. The zero-order valence-electron chi connectivity index (χ0n) is 16.3. The maximum Gasteiger partial charge on any atom is 0.387 e. The van der Waals surface area contributed by atoms with Gasteiger partial charge in [-0.05, 0) is 44.7 Å². The molecule has 1 aliphatic carbocycles. The van der Waals surface area contributed by atoms with Crippen molar-refractivity contribution in [2.24, 2.45) is 4.99 Å². The molecule has 0 aromatic heterocycles. The molecular weight excluding hydrogens is 483 g/mol. The molecule has 0 unspecified atom stereocenters. The van der Waals surface area contributed by atoms with Crippen LogP contribution >= 0.6 is 24.0 Å². The normalized spacial score (nSPS) is 15.4. The van der Waals surface area contributed by atoms with Gasteiger partial charge in [-0.3, -0.25) is 0 Å². The van der Waals surface area contributed by atoms with E-state index in [9.17, 15) is 13.9 Å². The summed E-state index contributed by atoms with van der Waals surface area (Å²) in [6.07, 6.45) is 3.38. The summed E-state index contributed by atoms with van der Waals surface area (Å²) in [6.45, 7) is 2.69. The number of hydrogen-bond acceptors (Lipinski definition) is 4. The number of nitrogens with one attached hydrogen (secondary N) is 2. The van der Waals surface area contributed by atoms with Crippen molar-refractivity contribution in [3.63, 3.8) is 0 Å². The van der Waals surface area contributed by atoms with E-state index in [2.05, 4.69) is 20.4 Å². The lowest BCUT2D eigenvalue weighted by atomic mass is 9.80. The van der Waals surface area contributed by atoms with Crippen LogP contribution in [0.2, 0.25) is 0 Å². The van der Waals surface area contributed by atoms with Crippen molar-refractivity contribution in [2.75, 3.05) is 19.7 Å². The number of guanidine groups is 1. The number of halogens is 3. The van der Waals surface area contributed by atoms with Gasteiger partial charge in [0, 0.05) is 24.7 Å². The van der Waals surface area contributed by atoms with Crippen LogP contribution in [0.1, 0.15) is 45.1 Å². The van der Waals surface area contributed by atoms with E-state index in [1.807, 2.05) is 13.8 Å². The molecule has 160 valence electrons. The second kappa shape index (κ2) is 12.3. The molecule has 2 rings (SSSR count). The van der Waals surface area contributed by atoms with E-state index >= 15 is 0 Å². The Morgan fingerprint density at radius 1 is 1.29 bits per heavy atom. The summed E-state index contributed by atoms with van der Waals surface area (Å²) < 4.78 is 35.6. The fourth-order valence-electron chi connectivity index (χ4n) is 2.70. The predicted molar refractivity (Wildman–Crippen MR) is 116 cm³/mol. The van der Waals surface area contributed by atoms with Gasteiger partial charge < -0.3 is 25.2 Å². The number of aliphatic imine (C=N–C) groups is 1. The van der Waals surface area contributed by atoms with E-state index < -0.39 is 12.2 Å². The highest BCUT2D eigenvalue weighted by atomic mass is 127. The van der Waals surface area contributed by atoms with Crippen molar-refractivity contribution in [3.8, 4) is 11.5 Å². The standard InChI is InChI=1S/C19H29F2N3O3.HI/c1-3-10-26-15-7-6-14(16(11-15)27-17(20)21)12-23-18(22-4-2)24-13-19(25)8-5-9-19;/h6-7,11,17,25H,3-5,8-10,12-13H2,1-2H3,(H2,22,23,24);1H. The van der Waals surface area contributed by atoms with Gasteiger partial charge in [0.05, 0.1) is 18.8 Å². The molecule has 0 heterocycles. The van der Waals surface area contributed by atoms with Crippen LogP contribution in [0.15, 0.2) is 23.2 Å². The molecule has 1 saturated carbocycles. The first-order chi connectivity index (χ1) is 13.0. The van der Waals surface area contributed by atoms with Crippen molar-refractivity contribution < 1.29 is 23.4 Å². The Morgan fingerprint density at radius 2 is 2.04 bits per heavy atom. The molecule has 9 heteroatoms. The molecule has 1 aromatic rings. The molecule has 1 aromatic carbocycles. The van der Waals surface area contributed by atoms with Gasteiger partial charge in [0.15, 0.2) is 5.96 Å². The summed E-state index contributed by atoms with van der Waals surface area (Å²) in [5, 5.41) is 16.4. The van der Waals surface area contributed by atoms with Crippen LogP contribution in [-0.4, -0.2) is 43.0 Å². The number of benzene rings is 1. The van der Waals surface area contributed by atoms with E-state index in [0.717, 1.165) is 25.7 Å². The van der Waals surface area contributed by atoms with Crippen molar-refractivity contribution in [2.45, 2.75) is 58.3 Å². The van der Waals surface area contributed by atoms with Crippen LogP contribution in [0.3, 0.4) is 0 Å². The SMILES string of the molecule is CCCOc1ccc(CN=C(NCC)NCC2(O)CCC2)c(OC(F)F)c1.I. The van der Waals surface area contributed by atoms with Crippen molar-refractivity contribution in [1.29, 1.82) is 0 Å². The van der Waals surface area contributed by atoms with Gasteiger partial charge in [0.25, 0.3) is 0 Å². The lowest BCUT2D eigenvalue weighted by Gasteiger charge is -2.37. The molecule has 0 aliphatic heterocycles. The second-order valence-corrected chi connectivity index (χ2v) is 6.62. The molecule has 0 bridgehead atoms. The lowest BCUT2D eigenvalue weighted by Crippen LogP contribution is -2.50. The zero-order chi connectivity index (χ0) is 19.7. The summed E-state index contributed by atoms with van der Waals surface area (Å²) in [4.78, 5) is 4.42. The number of ether oxygens (including phenoxy) is 2. The van der Waals surface area contributed by atoms with Crippen LogP contribution in [0.25, 0.3) is 0 Å². The number of nitrogens with zero attached hydrogens (tertiary/aromatic N) is 1. The van der Waals surface area contributed by atoms with Gasteiger partial charge in [0.2, 0.25) is 0 Å². The second-order valence-electron chi connectivity index (χ2n) is 6.62. The quantitative estimate of drug-likeness (QED) is 0.253. The number of aliphatic hydroxyl groups is 1. The molecule has 0 atom stereocenters. The minimum Gasteiger partial charge on any atom is -0.493 e. The highest BCUT2D eigenvalue weighted by Crippen LogP contribution is 2.30. The van der Waals surface area contributed by atoms with Crippen LogP contribution in [0.5, 0.6) is 11.5 Å². The molecular formula is C19H30F2IN3O3. The summed E-state index contributed by atoms with van der Waals surface area (Å²) in [5.74, 6) is 1.06. The van der Waals surface area contributed by atoms with E-state index in [1.165, 1.54) is 6.07 Å². The molecule has 3 N–H and O–H groups in total. The van der Waals surface area contributed by atoms with E-state index in [4.69, 9.17) is 4.74 Å². The van der Waals surface area contributed by atoms with Gasteiger partial charge in [0.1, 0.15) is 11.5 Å². The van der Waals surface area contributed by atoms with E-state index in [1.54, 1.807) is 12.1 Å². The first-order valence-electron chi connectivity index (χ1n) is 9.41. The number of rotatable bonds is 10. The summed E-state index contributed by atoms with van der Waals surface area (Å²) >= 11 is 0. The third-order valence-corrected chi connectivity index (χ3v) is 4.35. The van der Waals surface area contributed by atoms with Crippen LogP contribution in [-0.2, 0) is 6.54 Å². The Hall–Kier alpha value is -1.36. The minimum atomic E-state index is -2.92. The van der Waals surface area contributed by atoms with Crippen molar-refractivity contribution in [3.05, 3.63) is 23.8 Å². The van der Waals surface area contributed by atoms with E-state index in [0.29, 0.717) is 37.0 Å². The average Bonchev–Trinajstić information content (AvgIpc) is 2.61. The molecule has 1 fully saturated rings. The maximum absolute atomic E-state index is 12.7. The largest absolute Gasteiger partial charge is 0.493 e. The van der Waals surface area contributed by atoms with Crippen LogP contribution < -0.4 is 20.1 Å². The fraction of sp³-hybridized carbons (Fsp3) is 0.632. The van der Waals surface area contributed by atoms with Gasteiger partial charge >= 0.3 is 6.61 Å². The summed E-state index contributed by atoms with van der Waals surface area (Å²) in [5.41, 5.74) is -0.156. The van der Waals surface area contributed by atoms with Gasteiger partial charge in [-0.15, -0.1) is 24.0 Å². The molecule has 0 radical (unpaired) electrons. The van der Waals surface area contributed by atoms with Crippen LogP contribution in [0, 0.1) is 0 Å². The van der Waals surface area contributed by atoms with E-state index in [-0.39, 0.29) is 36.3 Å². The molecule has 0 amide bonds. The summed E-state index contributed by atoms with van der Waals surface area (Å²) in [7, 11) is 0. The molecule has 28 heavy (non-hydrogen) atoms. The zero-order valence-corrected chi connectivity index (χ0v) is 18.7. The molecule has 6 nitrogen and oxygen atoms in total. The minimum absolute atomic E-state index is 0. The lowest BCUT2D eigenvalue weighted by molar-refractivity contribution is -0.0505. The summed E-state index contributed by atoms with van der Waals surface area (Å²) in [6, 6.07) is 4.86. The fourth-order valence-corrected chi connectivity index (χ4v) is 2.70. The smallest absolute Gasteiger partial charge is 0.387 e. The highest BCUT2D eigenvalue weighted by Gasteiger charge is 2.34. The molecule has 1 aliphatic rings. The Labute approximate surface area is 182 Å². The Balaban J connectivity index is 0.00000392. The Bertz CT molecular complexity index is 628. The highest BCUT2D eigenvalue weighted by molar-refractivity contribution is 14.0.